The zero-order valence-corrected chi connectivity index (χ0v) is 8.03. The molecule has 0 bridgehead atoms. The minimum absolute atomic E-state index is 0.285. The molecule has 2 nitrogen and oxygen atoms in total. The van der Waals surface area contributed by atoms with E-state index in [1.807, 2.05) is 19.1 Å². The number of rotatable bonds is 3. The predicted octanol–water partition coefficient (Wildman–Crippen LogP) is 3.06. The second kappa shape index (κ2) is 4.42. The summed E-state index contributed by atoms with van der Waals surface area (Å²) in [5.41, 5.74) is 2.10. The van der Waals surface area contributed by atoms with Crippen molar-refractivity contribution in [3.8, 4) is 0 Å². The Labute approximate surface area is 83.2 Å². The lowest BCUT2D eigenvalue weighted by Gasteiger charge is -2.02. The van der Waals surface area contributed by atoms with Crippen LogP contribution in [0.15, 0.2) is 30.9 Å². The van der Waals surface area contributed by atoms with Gasteiger partial charge in [-0.25, -0.2) is 4.79 Å². The molecule has 0 atom stereocenters. The summed E-state index contributed by atoms with van der Waals surface area (Å²) >= 11 is 0. The van der Waals surface area contributed by atoms with E-state index in [1.54, 1.807) is 24.3 Å². The van der Waals surface area contributed by atoms with Gasteiger partial charge in [-0.05, 0) is 30.2 Å². The third-order valence-corrected chi connectivity index (χ3v) is 1.90. The molecular formula is C12H12O2. The van der Waals surface area contributed by atoms with Gasteiger partial charge in [0, 0.05) is 0 Å². The summed E-state index contributed by atoms with van der Waals surface area (Å²) in [4.78, 5) is 10.7. The summed E-state index contributed by atoms with van der Waals surface area (Å²) in [5, 5.41) is 8.77. The van der Waals surface area contributed by atoms with Crippen LogP contribution in [0.3, 0.4) is 0 Å². The lowest BCUT2D eigenvalue weighted by molar-refractivity contribution is 0.0697. The summed E-state index contributed by atoms with van der Waals surface area (Å²) in [5.74, 6) is -0.917. The van der Waals surface area contributed by atoms with Crippen LogP contribution in [-0.2, 0) is 0 Å². The van der Waals surface area contributed by atoms with Crippen molar-refractivity contribution in [2.45, 2.75) is 6.92 Å². The van der Waals surface area contributed by atoms with Gasteiger partial charge in [0.2, 0.25) is 0 Å². The molecule has 0 amide bonds. The van der Waals surface area contributed by atoms with Crippen LogP contribution < -0.4 is 0 Å². The Bertz CT molecular complexity index is 389. The first-order valence-corrected chi connectivity index (χ1v) is 4.31. The van der Waals surface area contributed by atoms with Gasteiger partial charge >= 0.3 is 5.97 Å². The number of hydrogen-bond acceptors (Lipinski definition) is 1. The second-order valence-electron chi connectivity index (χ2n) is 2.85. The maximum Gasteiger partial charge on any atom is 0.335 e. The zero-order chi connectivity index (χ0) is 10.6. The van der Waals surface area contributed by atoms with Crippen LogP contribution in [0.5, 0.6) is 0 Å². The SMILES string of the molecule is C=Cc1cc(C(=O)O)ccc1/C=C\C. The van der Waals surface area contributed by atoms with E-state index >= 15 is 0 Å². The average molecular weight is 188 g/mol. The minimum atomic E-state index is -0.917. The molecular weight excluding hydrogens is 176 g/mol. The van der Waals surface area contributed by atoms with Gasteiger partial charge in [0.25, 0.3) is 0 Å². The van der Waals surface area contributed by atoms with Crippen molar-refractivity contribution in [2.24, 2.45) is 0 Å². The molecule has 0 saturated carbocycles. The molecule has 0 aromatic heterocycles. The van der Waals surface area contributed by atoms with Crippen molar-refractivity contribution in [1.82, 2.24) is 0 Å². The van der Waals surface area contributed by atoms with E-state index in [4.69, 9.17) is 5.11 Å². The van der Waals surface area contributed by atoms with Gasteiger partial charge < -0.3 is 5.11 Å². The highest BCUT2D eigenvalue weighted by atomic mass is 16.4. The predicted molar refractivity (Wildman–Crippen MR) is 58.2 cm³/mol. The summed E-state index contributed by atoms with van der Waals surface area (Å²) in [7, 11) is 0. The molecule has 0 spiro atoms. The highest BCUT2D eigenvalue weighted by Gasteiger charge is 2.04. The standard InChI is InChI=1S/C12H12O2/c1-3-5-10-6-7-11(12(13)14)8-9(10)4-2/h3-8H,2H2,1H3,(H,13,14)/b5-3-. The normalized spacial score (nSPS) is 10.4. The highest BCUT2D eigenvalue weighted by Crippen LogP contribution is 2.15. The highest BCUT2D eigenvalue weighted by molar-refractivity contribution is 5.89. The van der Waals surface area contributed by atoms with Crippen molar-refractivity contribution < 1.29 is 9.90 Å². The molecule has 0 fully saturated rings. The fourth-order valence-electron chi connectivity index (χ4n) is 1.22. The van der Waals surface area contributed by atoms with Gasteiger partial charge in [-0.2, -0.15) is 0 Å². The van der Waals surface area contributed by atoms with E-state index in [0.29, 0.717) is 0 Å². The Morgan fingerprint density at radius 3 is 2.64 bits per heavy atom. The summed E-state index contributed by atoms with van der Waals surface area (Å²) in [6.45, 7) is 5.56. The molecule has 0 heterocycles. The summed E-state index contributed by atoms with van der Waals surface area (Å²) in [6.07, 6.45) is 5.48. The van der Waals surface area contributed by atoms with Gasteiger partial charge in [0.1, 0.15) is 0 Å². The Kier molecular flexibility index (Phi) is 3.24. The van der Waals surface area contributed by atoms with Crippen molar-refractivity contribution in [1.29, 1.82) is 0 Å². The summed E-state index contributed by atoms with van der Waals surface area (Å²) in [6, 6.07) is 4.98. The Hall–Kier alpha value is -1.83. The first-order valence-electron chi connectivity index (χ1n) is 4.31. The monoisotopic (exact) mass is 188 g/mol. The zero-order valence-electron chi connectivity index (χ0n) is 8.03. The van der Waals surface area contributed by atoms with Crippen molar-refractivity contribution in [3.05, 3.63) is 47.5 Å². The van der Waals surface area contributed by atoms with Gasteiger partial charge in [-0.3, -0.25) is 0 Å². The molecule has 1 rings (SSSR count). The molecule has 72 valence electrons. The summed E-state index contributed by atoms with van der Waals surface area (Å²) < 4.78 is 0. The van der Waals surface area contributed by atoms with Crippen molar-refractivity contribution in [3.63, 3.8) is 0 Å². The number of carboxylic acid groups (broad SMARTS) is 1. The smallest absolute Gasteiger partial charge is 0.335 e. The third-order valence-electron chi connectivity index (χ3n) is 1.90. The van der Waals surface area contributed by atoms with Crippen molar-refractivity contribution >= 4 is 18.1 Å². The second-order valence-corrected chi connectivity index (χ2v) is 2.85. The van der Waals surface area contributed by atoms with E-state index < -0.39 is 5.97 Å². The van der Waals surface area contributed by atoms with Gasteiger partial charge in [0.05, 0.1) is 5.56 Å². The molecule has 2 heteroatoms. The number of hydrogen-bond donors (Lipinski definition) is 1. The van der Waals surface area contributed by atoms with Crippen LogP contribution in [-0.4, -0.2) is 11.1 Å². The van der Waals surface area contributed by atoms with E-state index in [9.17, 15) is 4.79 Å². The maximum absolute atomic E-state index is 10.7. The molecule has 0 unspecified atom stereocenters. The lowest BCUT2D eigenvalue weighted by atomic mass is 10.0. The molecule has 0 saturated heterocycles. The van der Waals surface area contributed by atoms with Crippen LogP contribution >= 0.6 is 0 Å². The van der Waals surface area contributed by atoms with Gasteiger partial charge in [-0.15, -0.1) is 0 Å². The third kappa shape index (κ3) is 2.10. The molecule has 1 aromatic carbocycles. The van der Waals surface area contributed by atoms with Crippen LogP contribution in [0, 0.1) is 0 Å². The number of carboxylic acids is 1. The molecule has 0 aliphatic heterocycles. The first-order chi connectivity index (χ1) is 6.69. The quantitative estimate of drug-likeness (QED) is 0.791. The van der Waals surface area contributed by atoms with Crippen LogP contribution in [0.4, 0.5) is 0 Å². The molecule has 0 radical (unpaired) electrons. The van der Waals surface area contributed by atoms with E-state index in [2.05, 4.69) is 6.58 Å². The number of benzene rings is 1. The van der Waals surface area contributed by atoms with E-state index in [0.717, 1.165) is 11.1 Å². The Balaban J connectivity index is 3.24. The van der Waals surface area contributed by atoms with E-state index in [-0.39, 0.29) is 5.56 Å². The molecule has 1 N–H and O–H groups in total. The van der Waals surface area contributed by atoms with Gasteiger partial charge in [0.15, 0.2) is 0 Å². The number of allylic oxidation sites excluding steroid dienone is 1. The maximum atomic E-state index is 10.7. The largest absolute Gasteiger partial charge is 0.478 e. The fraction of sp³-hybridized carbons (Fsp3) is 0.0833. The van der Waals surface area contributed by atoms with Crippen LogP contribution in [0.2, 0.25) is 0 Å². The van der Waals surface area contributed by atoms with Crippen molar-refractivity contribution in [2.75, 3.05) is 0 Å². The average Bonchev–Trinajstić information content (AvgIpc) is 2.18. The van der Waals surface area contributed by atoms with Gasteiger partial charge in [-0.1, -0.05) is 30.9 Å². The Morgan fingerprint density at radius 1 is 1.43 bits per heavy atom. The first kappa shape index (κ1) is 10.3. The molecule has 14 heavy (non-hydrogen) atoms. The minimum Gasteiger partial charge on any atom is -0.478 e. The van der Waals surface area contributed by atoms with Crippen LogP contribution in [0.1, 0.15) is 28.4 Å². The molecule has 0 aliphatic carbocycles. The lowest BCUT2D eigenvalue weighted by Crippen LogP contribution is -1.96. The number of aromatic carboxylic acids is 1. The fourth-order valence-corrected chi connectivity index (χ4v) is 1.22. The topological polar surface area (TPSA) is 37.3 Å². The van der Waals surface area contributed by atoms with Crippen LogP contribution in [0.25, 0.3) is 12.2 Å². The molecule has 1 aromatic rings. The molecule has 0 aliphatic rings. The number of carbonyl (C=O) groups is 1. The van der Waals surface area contributed by atoms with E-state index in [1.165, 1.54) is 0 Å². The Morgan fingerprint density at radius 2 is 2.14 bits per heavy atom.